The fraction of sp³-hybridized carbons (Fsp3) is 0.500. The predicted molar refractivity (Wildman–Crippen MR) is 79.5 cm³/mol. The average Bonchev–Trinajstić information content (AvgIpc) is 2.41. The molecule has 1 fully saturated rings. The normalized spacial score (nSPS) is 26.0. The van der Waals surface area contributed by atoms with Crippen LogP contribution in [0.15, 0.2) is 18.2 Å². The predicted octanol–water partition coefficient (Wildman–Crippen LogP) is 2.54. The molecule has 4 nitrogen and oxygen atoms in total. The number of nitrogens with one attached hydrogen (secondary N) is 1. The second kappa shape index (κ2) is 5.47. The zero-order valence-electron chi connectivity index (χ0n) is 12.9. The van der Waals surface area contributed by atoms with Gasteiger partial charge in [0.05, 0.1) is 0 Å². The monoisotopic (exact) mass is 292 g/mol. The highest BCUT2D eigenvalue weighted by molar-refractivity contribution is 6.10. The van der Waals surface area contributed by atoms with Crippen LogP contribution in [0.25, 0.3) is 0 Å². The molecule has 1 aliphatic heterocycles. The van der Waals surface area contributed by atoms with Crippen LogP contribution in [0.5, 0.6) is 0 Å². The Kier molecular flexibility index (Phi) is 4.03. The second-order valence-corrected chi connectivity index (χ2v) is 5.76. The molecule has 1 aromatic rings. The van der Waals surface area contributed by atoms with Crippen LogP contribution in [0.1, 0.15) is 39.2 Å². The Morgan fingerprint density at radius 1 is 1.29 bits per heavy atom. The first kappa shape index (κ1) is 15.5. The molecule has 2 atom stereocenters. The number of hydrogen-bond acceptors (Lipinski definition) is 2. The molecule has 0 spiro atoms. The molecule has 1 heterocycles. The van der Waals surface area contributed by atoms with Crippen LogP contribution in [-0.4, -0.2) is 23.4 Å². The van der Waals surface area contributed by atoms with E-state index in [9.17, 15) is 14.0 Å². The largest absolute Gasteiger partial charge is 0.340 e. The fourth-order valence-electron chi connectivity index (χ4n) is 2.69. The Labute approximate surface area is 124 Å². The number of amides is 2. The third-order valence-corrected chi connectivity index (χ3v) is 4.10. The number of rotatable bonds is 3. The van der Waals surface area contributed by atoms with Gasteiger partial charge in [-0.3, -0.25) is 14.5 Å². The van der Waals surface area contributed by atoms with Crippen molar-refractivity contribution in [3.63, 3.8) is 0 Å². The Hall–Kier alpha value is -1.91. The minimum absolute atomic E-state index is 0.191. The molecule has 1 aromatic carbocycles. The molecule has 21 heavy (non-hydrogen) atoms. The molecular weight excluding hydrogens is 271 g/mol. The second-order valence-electron chi connectivity index (χ2n) is 5.76. The molecule has 0 saturated carbocycles. The fourth-order valence-corrected chi connectivity index (χ4v) is 2.69. The van der Waals surface area contributed by atoms with Gasteiger partial charge in [0.15, 0.2) is 0 Å². The van der Waals surface area contributed by atoms with Crippen molar-refractivity contribution >= 4 is 17.5 Å². The standard InChI is InChI=1S/C16H21FN2O2/c1-5-13-14(20)18-16(4,6-2)15(21)19(13)12-8-10(3)7-11(17)9-12/h7-9,13H,5-6H2,1-4H3,(H,18,20). The Morgan fingerprint density at radius 2 is 1.95 bits per heavy atom. The first-order valence-electron chi connectivity index (χ1n) is 7.25. The number of benzene rings is 1. The van der Waals surface area contributed by atoms with Crippen molar-refractivity contribution in [2.45, 2.75) is 52.1 Å². The van der Waals surface area contributed by atoms with Gasteiger partial charge in [0.25, 0.3) is 5.91 Å². The number of nitrogens with zero attached hydrogens (tertiary/aromatic N) is 1. The van der Waals surface area contributed by atoms with Crippen LogP contribution < -0.4 is 10.2 Å². The maximum Gasteiger partial charge on any atom is 0.253 e. The van der Waals surface area contributed by atoms with Gasteiger partial charge in [0, 0.05) is 5.69 Å². The highest BCUT2D eigenvalue weighted by Gasteiger charge is 2.47. The van der Waals surface area contributed by atoms with E-state index >= 15 is 0 Å². The lowest BCUT2D eigenvalue weighted by Gasteiger charge is -2.44. The lowest BCUT2D eigenvalue weighted by Crippen LogP contribution is -2.69. The maximum atomic E-state index is 13.7. The summed E-state index contributed by atoms with van der Waals surface area (Å²) in [6.07, 6.45) is 0.964. The molecule has 0 radical (unpaired) electrons. The van der Waals surface area contributed by atoms with E-state index in [4.69, 9.17) is 0 Å². The lowest BCUT2D eigenvalue weighted by atomic mass is 9.90. The van der Waals surface area contributed by atoms with Crippen molar-refractivity contribution in [3.05, 3.63) is 29.6 Å². The Bertz CT molecular complexity index is 567. The zero-order chi connectivity index (χ0) is 15.8. The Balaban J connectivity index is 2.54. The van der Waals surface area contributed by atoms with Crippen molar-refractivity contribution in [1.82, 2.24) is 5.32 Å². The number of carbonyl (C=O) groups excluding carboxylic acids is 2. The third-order valence-electron chi connectivity index (χ3n) is 4.10. The summed E-state index contributed by atoms with van der Waals surface area (Å²) in [6.45, 7) is 7.16. The lowest BCUT2D eigenvalue weighted by molar-refractivity contribution is -0.138. The molecule has 5 heteroatoms. The Morgan fingerprint density at radius 3 is 2.48 bits per heavy atom. The van der Waals surface area contributed by atoms with E-state index in [0.717, 1.165) is 5.56 Å². The highest BCUT2D eigenvalue weighted by Crippen LogP contribution is 2.29. The molecule has 0 aromatic heterocycles. The molecular formula is C16H21FN2O2. The number of aryl methyl sites for hydroxylation is 1. The summed E-state index contributed by atoms with van der Waals surface area (Å²) in [5.74, 6) is -0.790. The van der Waals surface area contributed by atoms with Gasteiger partial charge in [-0.05, 0) is 50.5 Å². The molecule has 1 aliphatic rings. The molecule has 2 rings (SSSR count). The van der Waals surface area contributed by atoms with Gasteiger partial charge in [-0.15, -0.1) is 0 Å². The minimum Gasteiger partial charge on any atom is -0.340 e. The zero-order valence-corrected chi connectivity index (χ0v) is 12.9. The van der Waals surface area contributed by atoms with Crippen molar-refractivity contribution in [3.8, 4) is 0 Å². The smallest absolute Gasteiger partial charge is 0.253 e. The maximum absolute atomic E-state index is 13.7. The molecule has 114 valence electrons. The van der Waals surface area contributed by atoms with Crippen molar-refractivity contribution < 1.29 is 14.0 Å². The van der Waals surface area contributed by atoms with E-state index in [-0.39, 0.29) is 11.8 Å². The van der Waals surface area contributed by atoms with Crippen LogP contribution in [0.3, 0.4) is 0 Å². The van der Waals surface area contributed by atoms with Gasteiger partial charge in [-0.2, -0.15) is 0 Å². The molecule has 1 N–H and O–H groups in total. The number of halogens is 1. The summed E-state index contributed by atoms with van der Waals surface area (Å²) < 4.78 is 13.7. The van der Waals surface area contributed by atoms with Gasteiger partial charge < -0.3 is 5.32 Å². The van der Waals surface area contributed by atoms with E-state index in [1.807, 2.05) is 13.8 Å². The first-order valence-corrected chi connectivity index (χ1v) is 7.25. The van der Waals surface area contributed by atoms with Crippen LogP contribution in [-0.2, 0) is 9.59 Å². The van der Waals surface area contributed by atoms with Gasteiger partial charge in [-0.1, -0.05) is 13.8 Å². The topological polar surface area (TPSA) is 49.4 Å². The first-order chi connectivity index (χ1) is 9.82. The van der Waals surface area contributed by atoms with Gasteiger partial charge in [0.2, 0.25) is 5.91 Å². The number of piperazine rings is 1. The van der Waals surface area contributed by atoms with Crippen molar-refractivity contribution in [2.75, 3.05) is 4.90 Å². The van der Waals surface area contributed by atoms with Gasteiger partial charge in [-0.25, -0.2) is 4.39 Å². The van der Waals surface area contributed by atoms with Gasteiger partial charge in [0.1, 0.15) is 17.4 Å². The van der Waals surface area contributed by atoms with Crippen LogP contribution in [0, 0.1) is 12.7 Å². The summed E-state index contributed by atoms with van der Waals surface area (Å²) in [6, 6.07) is 3.84. The number of carbonyl (C=O) groups is 2. The van der Waals surface area contributed by atoms with E-state index < -0.39 is 17.4 Å². The van der Waals surface area contributed by atoms with Crippen LogP contribution >= 0.6 is 0 Å². The SMILES string of the molecule is CCC1C(=O)NC(C)(CC)C(=O)N1c1cc(C)cc(F)c1. The molecule has 0 bridgehead atoms. The number of hydrogen-bond donors (Lipinski definition) is 1. The van der Waals surface area contributed by atoms with E-state index in [1.165, 1.54) is 17.0 Å². The quantitative estimate of drug-likeness (QED) is 0.930. The number of anilines is 1. The molecule has 0 aliphatic carbocycles. The summed E-state index contributed by atoms with van der Waals surface area (Å²) in [4.78, 5) is 26.5. The minimum atomic E-state index is -0.941. The average molecular weight is 292 g/mol. The van der Waals surface area contributed by atoms with E-state index in [2.05, 4.69) is 5.32 Å². The summed E-state index contributed by atoms with van der Waals surface area (Å²) >= 11 is 0. The summed E-state index contributed by atoms with van der Waals surface area (Å²) in [7, 11) is 0. The summed E-state index contributed by atoms with van der Waals surface area (Å²) in [5, 5.41) is 2.80. The molecule has 2 amide bonds. The van der Waals surface area contributed by atoms with E-state index in [1.54, 1.807) is 19.9 Å². The summed E-state index contributed by atoms with van der Waals surface area (Å²) in [5.41, 5.74) is 0.221. The van der Waals surface area contributed by atoms with E-state index in [0.29, 0.717) is 18.5 Å². The van der Waals surface area contributed by atoms with Crippen LogP contribution in [0.2, 0.25) is 0 Å². The van der Waals surface area contributed by atoms with Crippen LogP contribution in [0.4, 0.5) is 10.1 Å². The molecule has 2 unspecified atom stereocenters. The molecule has 1 saturated heterocycles. The van der Waals surface area contributed by atoms with Crippen molar-refractivity contribution in [2.24, 2.45) is 0 Å². The third kappa shape index (κ3) is 2.64. The van der Waals surface area contributed by atoms with Crippen molar-refractivity contribution in [1.29, 1.82) is 0 Å². The van der Waals surface area contributed by atoms with Gasteiger partial charge >= 0.3 is 0 Å². The highest BCUT2D eigenvalue weighted by atomic mass is 19.1.